The van der Waals surface area contributed by atoms with Gasteiger partial charge >= 0.3 is 0 Å². The zero-order valence-corrected chi connectivity index (χ0v) is 17.5. The Kier molecular flexibility index (Phi) is 5.97. The van der Waals surface area contributed by atoms with Gasteiger partial charge in [-0.1, -0.05) is 11.6 Å². The van der Waals surface area contributed by atoms with Gasteiger partial charge in [-0.2, -0.15) is 9.40 Å². The summed E-state index contributed by atoms with van der Waals surface area (Å²) in [5.41, 5.74) is 1.38. The summed E-state index contributed by atoms with van der Waals surface area (Å²) in [5, 5.41) is 9.96. The lowest BCUT2D eigenvalue weighted by molar-refractivity contribution is -0.120. The molecule has 152 valence electrons. The molecular formula is C18H23ClN4O4S. The van der Waals surface area contributed by atoms with Gasteiger partial charge in [0.25, 0.3) is 0 Å². The lowest BCUT2D eigenvalue weighted by atomic mass is 9.98. The van der Waals surface area contributed by atoms with Crippen molar-refractivity contribution in [3.63, 3.8) is 0 Å². The van der Waals surface area contributed by atoms with Crippen molar-refractivity contribution in [3.8, 4) is 5.75 Å². The number of hydrogen-bond donors (Lipinski definition) is 2. The minimum Gasteiger partial charge on any atom is -0.495 e. The number of piperidine rings is 1. The number of hydrogen-bond acceptors (Lipinski definition) is 5. The second kappa shape index (κ2) is 8.10. The summed E-state index contributed by atoms with van der Waals surface area (Å²) in [4.78, 5) is 13.0. The Morgan fingerprint density at radius 2 is 2.14 bits per heavy atom. The van der Waals surface area contributed by atoms with E-state index >= 15 is 0 Å². The highest BCUT2D eigenvalue weighted by Crippen LogP contribution is 2.30. The summed E-state index contributed by atoms with van der Waals surface area (Å²) < 4.78 is 32.7. The number of amides is 1. The molecule has 1 amide bonds. The van der Waals surface area contributed by atoms with Crippen molar-refractivity contribution in [2.24, 2.45) is 5.92 Å². The molecule has 10 heteroatoms. The van der Waals surface area contributed by atoms with Crippen molar-refractivity contribution in [3.05, 3.63) is 34.6 Å². The molecule has 1 fully saturated rings. The van der Waals surface area contributed by atoms with E-state index in [9.17, 15) is 13.2 Å². The third-order valence-corrected chi connectivity index (χ3v) is 7.20. The fourth-order valence-electron chi connectivity index (χ4n) is 3.44. The van der Waals surface area contributed by atoms with E-state index in [1.54, 1.807) is 32.0 Å². The van der Waals surface area contributed by atoms with Crippen LogP contribution in [-0.4, -0.2) is 49.0 Å². The molecule has 0 radical (unpaired) electrons. The Morgan fingerprint density at radius 3 is 2.79 bits per heavy atom. The van der Waals surface area contributed by atoms with Crippen molar-refractivity contribution in [1.29, 1.82) is 0 Å². The molecule has 0 spiro atoms. The summed E-state index contributed by atoms with van der Waals surface area (Å²) >= 11 is 6.01. The van der Waals surface area contributed by atoms with Gasteiger partial charge in [-0.15, -0.1) is 0 Å². The van der Waals surface area contributed by atoms with Crippen LogP contribution in [0.4, 0.5) is 5.69 Å². The van der Waals surface area contributed by atoms with E-state index in [-0.39, 0.29) is 17.3 Å². The van der Waals surface area contributed by atoms with Gasteiger partial charge in [-0.05, 0) is 44.9 Å². The molecule has 1 aromatic heterocycles. The molecule has 0 aliphatic carbocycles. The first-order chi connectivity index (χ1) is 13.2. The third kappa shape index (κ3) is 4.01. The van der Waals surface area contributed by atoms with Crippen LogP contribution in [0, 0.1) is 19.8 Å². The molecule has 1 unspecified atom stereocenters. The molecule has 3 rings (SSSR count). The summed E-state index contributed by atoms with van der Waals surface area (Å²) in [6.07, 6.45) is 1.20. The fraction of sp³-hybridized carbons (Fsp3) is 0.444. The van der Waals surface area contributed by atoms with Gasteiger partial charge in [0.15, 0.2) is 0 Å². The Hall–Kier alpha value is -2.10. The van der Waals surface area contributed by atoms with Crippen molar-refractivity contribution in [1.82, 2.24) is 14.5 Å². The van der Waals surface area contributed by atoms with Crippen LogP contribution in [0.3, 0.4) is 0 Å². The molecule has 1 atom stereocenters. The van der Waals surface area contributed by atoms with Crippen LogP contribution in [0.15, 0.2) is 23.1 Å². The first-order valence-corrected chi connectivity index (χ1v) is 10.7. The summed E-state index contributed by atoms with van der Waals surface area (Å²) in [6.45, 7) is 3.81. The maximum atomic E-state index is 13.1. The number of aromatic nitrogens is 2. The van der Waals surface area contributed by atoms with Crippen molar-refractivity contribution in [2.45, 2.75) is 31.6 Å². The minimum absolute atomic E-state index is 0.112. The van der Waals surface area contributed by atoms with Crippen molar-refractivity contribution >= 4 is 33.2 Å². The number of nitrogens with zero attached hydrogens (tertiary/aromatic N) is 2. The van der Waals surface area contributed by atoms with E-state index in [1.165, 1.54) is 11.4 Å². The fourth-order valence-corrected chi connectivity index (χ4v) is 5.46. The number of anilines is 1. The van der Waals surface area contributed by atoms with Crippen LogP contribution in [0.2, 0.25) is 5.02 Å². The van der Waals surface area contributed by atoms with Gasteiger partial charge in [-0.3, -0.25) is 9.89 Å². The number of H-pyrrole nitrogens is 1. The number of sulfonamides is 1. The lowest BCUT2D eigenvalue weighted by Crippen LogP contribution is -2.44. The van der Waals surface area contributed by atoms with E-state index in [0.29, 0.717) is 47.2 Å². The molecular weight excluding hydrogens is 404 g/mol. The number of carbonyl (C=O) groups is 1. The summed E-state index contributed by atoms with van der Waals surface area (Å²) in [6, 6.07) is 4.94. The van der Waals surface area contributed by atoms with Gasteiger partial charge in [-0.25, -0.2) is 8.42 Å². The number of rotatable bonds is 5. The monoisotopic (exact) mass is 426 g/mol. The van der Waals surface area contributed by atoms with Crippen LogP contribution in [-0.2, 0) is 14.8 Å². The molecule has 0 bridgehead atoms. The number of methoxy groups -OCH3 is 1. The summed E-state index contributed by atoms with van der Waals surface area (Å²) in [5.74, 6) is -0.247. The van der Waals surface area contributed by atoms with Crippen LogP contribution in [0.5, 0.6) is 5.75 Å². The number of halogens is 1. The predicted octanol–water partition coefficient (Wildman–Crippen LogP) is 2.73. The molecule has 2 N–H and O–H groups in total. The molecule has 28 heavy (non-hydrogen) atoms. The van der Waals surface area contributed by atoms with E-state index in [1.807, 2.05) is 0 Å². The second-order valence-corrected chi connectivity index (χ2v) is 9.11. The lowest BCUT2D eigenvalue weighted by Gasteiger charge is -2.31. The molecule has 1 aliphatic rings. The average Bonchev–Trinajstić information content (AvgIpc) is 3.01. The number of nitrogens with one attached hydrogen (secondary N) is 2. The summed E-state index contributed by atoms with van der Waals surface area (Å²) in [7, 11) is -2.22. The smallest absolute Gasteiger partial charge is 0.246 e. The van der Waals surface area contributed by atoms with Gasteiger partial charge in [0.05, 0.1) is 30.1 Å². The van der Waals surface area contributed by atoms with Crippen LogP contribution in [0.1, 0.15) is 24.2 Å². The first-order valence-electron chi connectivity index (χ1n) is 8.90. The first kappa shape index (κ1) is 20.6. The molecule has 1 aromatic carbocycles. The SMILES string of the molecule is COc1ccc(Cl)cc1NC(=O)C1CCCN(S(=O)(=O)c2c(C)n[nH]c2C)C1. The maximum Gasteiger partial charge on any atom is 0.246 e. The molecule has 1 aliphatic heterocycles. The zero-order chi connectivity index (χ0) is 20.5. The largest absolute Gasteiger partial charge is 0.495 e. The highest BCUT2D eigenvalue weighted by Gasteiger charge is 2.35. The Morgan fingerprint density at radius 1 is 1.39 bits per heavy atom. The Labute approximate surface area is 169 Å². The van der Waals surface area contributed by atoms with Crippen LogP contribution in [0.25, 0.3) is 0 Å². The normalized spacial score (nSPS) is 18.1. The van der Waals surface area contributed by atoms with E-state index < -0.39 is 15.9 Å². The number of carbonyl (C=O) groups excluding carboxylic acids is 1. The van der Waals surface area contributed by atoms with E-state index in [0.717, 1.165) is 0 Å². The number of ether oxygens (including phenoxy) is 1. The molecule has 2 aromatic rings. The molecule has 2 heterocycles. The Balaban J connectivity index is 1.78. The molecule has 1 saturated heterocycles. The second-order valence-electron chi connectivity index (χ2n) is 6.80. The van der Waals surface area contributed by atoms with Crippen molar-refractivity contribution < 1.29 is 17.9 Å². The van der Waals surface area contributed by atoms with E-state index in [4.69, 9.17) is 16.3 Å². The van der Waals surface area contributed by atoms with Gasteiger partial charge < -0.3 is 10.1 Å². The van der Waals surface area contributed by atoms with Crippen molar-refractivity contribution in [2.75, 3.05) is 25.5 Å². The topological polar surface area (TPSA) is 104 Å². The average molecular weight is 427 g/mol. The predicted molar refractivity (Wildman–Crippen MR) is 106 cm³/mol. The number of aryl methyl sites for hydroxylation is 2. The van der Waals surface area contributed by atoms with Crippen LogP contribution < -0.4 is 10.1 Å². The van der Waals surface area contributed by atoms with Gasteiger partial charge in [0, 0.05) is 18.1 Å². The zero-order valence-electron chi connectivity index (χ0n) is 16.0. The number of benzene rings is 1. The highest BCUT2D eigenvalue weighted by atomic mass is 35.5. The molecule has 8 nitrogen and oxygen atoms in total. The van der Waals surface area contributed by atoms with E-state index in [2.05, 4.69) is 15.5 Å². The maximum absolute atomic E-state index is 13.1. The standard InChI is InChI=1S/C18H23ClN4O4S/c1-11-17(12(2)22-21-11)28(25,26)23-8-4-5-13(10-23)18(24)20-15-9-14(19)6-7-16(15)27-3/h6-7,9,13H,4-5,8,10H2,1-3H3,(H,20,24)(H,21,22). The quantitative estimate of drug-likeness (QED) is 0.764. The minimum atomic E-state index is -3.73. The van der Waals surface area contributed by atoms with Gasteiger partial charge in [0.2, 0.25) is 15.9 Å². The Bertz CT molecular complexity index is 970. The molecule has 0 saturated carbocycles. The highest BCUT2D eigenvalue weighted by molar-refractivity contribution is 7.89. The van der Waals surface area contributed by atoms with Gasteiger partial charge in [0.1, 0.15) is 10.6 Å². The van der Waals surface area contributed by atoms with Crippen LogP contribution >= 0.6 is 11.6 Å². The number of aromatic amines is 1. The third-order valence-electron chi connectivity index (χ3n) is 4.83.